The Morgan fingerprint density at radius 2 is 2.19 bits per heavy atom. The van der Waals surface area contributed by atoms with Crippen LogP contribution in [0.5, 0.6) is 0 Å². The molecular weight excluding hydrogens is 272 g/mol. The van der Waals surface area contributed by atoms with E-state index in [1.165, 1.54) is 0 Å². The molecule has 1 aromatic rings. The minimum absolute atomic E-state index is 0.0454. The van der Waals surface area contributed by atoms with Gasteiger partial charge in [-0.05, 0) is 7.05 Å². The van der Waals surface area contributed by atoms with Gasteiger partial charge in [0.2, 0.25) is 5.91 Å². The predicted molar refractivity (Wildman–Crippen MR) is 76.8 cm³/mol. The van der Waals surface area contributed by atoms with Crippen LogP contribution in [0.3, 0.4) is 0 Å². The van der Waals surface area contributed by atoms with Gasteiger partial charge in [-0.15, -0.1) is 0 Å². The van der Waals surface area contributed by atoms with Crippen LogP contribution >= 0.6 is 0 Å². The average molecular weight is 294 g/mol. The van der Waals surface area contributed by atoms with Crippen molar-refractivity contribution in [1.29, 1.82) is 0 Å². The second kappa shape index (κ2) is 6.71. The summed E-state index contributed by atoms with van der Waals surface area (Å²) in [6.07, 6.45) is 0.698. The van der Waals surface area contributed by atoms with E-state index in [9.17, 15) is 9.59 Å². The van der Waals surface area contributed by atoms with Gasteiger partial charge in [0.1, 0.15) is 5.76 Å². The van der Waals surface area contributed by atoms with Crippen LogP contribution in [-0.4, -0.2) is 67.0 Å². The van der Waals surface area contributed by atoms with Crippen molar-refractivity contribution >= 4 is 11.8 Å². The van der Waals surface area contributed by atoms with Crippen molar-refractivity contribution < 1.29 is 14.1 Å². The predicted octanol–water partition coefficient (Wildman–Crippen LogP) is -0.0132. The molecule has 1 N–H and O–H groups in total. The Morgan fingerprint density at radius 1 is 1.43 bits per heavy atom. The fourth-order valence-corrected chi connectivity index (χ4v) is 2.47. The molecule has 0 spiro atoms. The highest BCUT2D eigenvalue weighted by molar-refractivity contribution is 5.92. The van der Waals surface area contributed by atoms with Gasteiger partial charge in [-0.3, -0.25) is 9.59 Å². The van der Waals surface area contributed by atoms with Gasteiger partial charge in [0.05, 0.1) is 5.92 Å². The molecule has 7 heteroatoms. The molecule has 0 bridgehead atoms. The van der Waals surface area contributed by atoms with Crippen LogP contribution in [0, 0.1) is 5.92 Å². The normalized spacial score (nSPS) is 20.1. The summed E-state index contributed by atoms with van der Waals surface area (Å²) in [4.78, 5) is 28.2. The summed E-state index contributed by atoms with van der Waals surface area (Å²) in [5.74, 6) is 0.232. The number of hydrogen-bond donors (Lipinski definition) is 1. The zero-order chi connectivity index (χ0) is 15.4. The third-order valence-electron chi connectivity index (χ3n) is 3.76. The Morgan fingerprint density at radius 3 is 2.81 bits per heavy atom. The van der Waals surface area contributed by atoms with Crippen molar-refractivity contribution in [3.05, 3.63) is 17.5 Å². The first-order valence-corrected chi connectivity index (χ1v) is 7.20. The van der Waals surface area contributed by atoms with Crippen LogP contribution in [0.15, 0.2) is 10.6 Å². The molecule has 1 aromatic heterocycles. The fourth-order valence-electron chi connectivity index (χ4n) is 2.47. The van der Waals surface area contributed by atoms with Crippen molar-refractivity contribution in [3.63, 3.8) is 0 Å². The summed E-state index contributed by atoms with van der Waals surface area (Å²) >= 11 is 0. The third kappa shape index (κ3) is 3.60. The molecule has 1 aliphatic rings. The molecule has 1 aliphatic heterocycles. The number of nitrogens with zero attached hydrogens (tertiary/aromatic N) is 3. The van der Waals surface area contributed by atoms with Gasteiger partial charge in [0.25, 0.3) is 5.91 Å². The lowest BCUT2D eigenvalue weighted by molar-refractivity contribution is -0.125. The summed E-state index contributed by atoms with van der Waals surface area (Å²) in [6.45, 7) is 4.30. The number of carbonyl (C=O) groups is 2. The number of nitrogens with one attached hydrogen (secondary N) is 1. The monoisotopic (exact) mass is 294 g/mol. The van der Waals surface area contributed by atoms with Crippen molar-refractivity contribution in [2.75, 3.05) is 40.3 Å². The van der Waals surface area contributed by atoms with E-state index < -0.39 is 0 Å². The molecule has 116 valence electrons. The number of amides is 2. The van der Waals surface area contributed by atoms with Crippen LogP contribution in [0.1, 0.15) is 23.2 Å². The summed E-state index contributed by atoms with van der Waals surface area (Å²) in [5.41, 5.74) is 0.312. The summed E-state index contributed by atoms with van der Waals surface area (Å²) in [5, 5.41) is 6.48. The average Bonchev–Trinajstić information content (AvgIpc) is 2.89. The van der Waals surface area contributed by atoms with Crippen LogP contribution in [0.2, 0.25) is 0 Å². The van der Waals surface area contributed by atoms with E-state index in [1.807, 2.05) is 14.0 Å². The molecule has 0 aliphatic carbocycles. The van der Waals surface area contributed by atoms with Crippen LogP contribution < -0.4 is 5.32 Å². The number of aryl methyl sites for hydroxylation is 1. The van der Waals surface area contributed by atoms with Crippen molar-refractivity contribution in [2.24, 2.45) is 5.92 Å². The minimum Gasteiger partial charge on any atom is -0.361 e. The number of aromatic nitrogens is 1. The topological polar surface area (TPSA) is 78.7 Å². The molecule has 1 fully saturated rings. The minimum atomic E-state index is -0.232. The van der Waals surface area contributed by atoms with Gasteiger partial charge in [-0.1, -0.05) is 12.1 Å². The van der Waals surface area contributed by atoms with Gasteiger partial charge in [0.15, 0.2) is 5.69 Å². The number of rotatable bonds is 3. The van der Waals surface area contributed by atoms with E-state index in [4.69, 9.17) is 4.52 Å². The second-order valence-electron chi connectivity index (χ2n) is 5.36. The lowest BCUT2D eigenvalue weighted by atomic mass is 10.1. The highest BCUT2D eigenvalue weighted by atomic mass is 16.5. The van der Waals surface area contributed by atoms with Crippen molar-refractivity contribution in [2.45, 2.75) is 13.3 Å². The maximum atomic E-state index is 12.5. The van der Waals surface area contributed by atoms with E-state index in [2.05, 4.69) is 15.4 Å². The van der Waals surface area contributed by atoms with Gasteiger partial charge in [-0.25, -0.2) is 0 Å². The molecule has 2 amide bonds. The van der Waals surface area contributed by atoms with Crippen LogP contribution in [-0.2, 0) is 11.2 Å². The molecule has 0 aromatic carbocycles. The summed E-state index contributed by atoms with van der Waals surface area (Å²) in [6, 6.07) is 1.67. The van der Waals surface area contributed by atoms with Crippen LogP contribution in [0.4, 0.5) is 0 Å². The number of carbonyl (C=O) groups excluding carboxylic acids is 2. The molecule has 21 heavy (non-hydrogen) atoms. The molecule has 2 heterocycles. The van der Waals surface area contributed by atoms with Gasteiger partial charge in [0, 0.05) is 45.7 Å². The molecule has 7 nitrogen and oxygen atoms in total. The Balaban J connectivity index is 2.13. The van der Waals surface area contributed by atoms with E-state index in [0.717, 1.165) is 6.54 Å². The zero-order valence-corrected chi connectivity index (χ0v) is 12.8. The molecule has 1 atom stereocenters. The van der Waals surface area contributed by atoms with Crippen LogP contribution in [0.25, 0.3) is 0 Å². The first kappa shape index (κ1) is 15.5. The molecular formula is C14H22N4O3. The Labute approximate surface area is 124 Å². The van der Waals surface area contributed by atoms with Gasteiger partial charge >= 0.3 is 0 Å². The van der Waals surface area contributed by atoms with E-state index in [0.29, 0.717) is 37.5 Å². The maximum Gasteiger partial charge on any atom is 0.276 e. The first-order chi connectivity index (χ1) is 10.0. The quantitative estimate of drug-likeness (QED) is 0.848. The van der Waals surface area contributed by atoms with Crippen molar-refractivity contribution in [1.82, 2.24) is 20.3 Å². The SMILES string of the molecule is CCc1cc(C(=O)N2CCN(C)CC(C(=O)NC)C2)no1. The molecule has 1 saturated heterocycles. The number of likely N-dealkylation sites (N-methyl/N-ethyl adjacent to an activating group) is 1. The molecule has 0 saturated carbocycles. The lowest BCUT2D eigenvalue weighted by Crippen LogP contribution is -2.41. The molecule has 1 unspecified atom stereocenters. The van der Waals surface area contributed by atoms with E-state index in [1.54, 1.807) is 18.0 Å². The Kier molecular flexibility index (Phi) is 4.95. The zero-order valence-electron chi connectivity index (χ0n) is 12.8. The maximum absolute atomic E-state index is 12.5. The third-order valence-corrected chi connectivity index (χ3v) is 3.76. The van der Waals surface area contributed by atoms with Gasteiger partial charge < -0.3 is 19.6 Å². The van der Waals surface area contributed by atoms with E-state index >= 15 is 0 Å². The lowest BCUT2D eigenvalue weighted by Gasteiger charge is -2.22. The van der Waals surface area contributed by atoms with E-state index in [-0.39, 0.29) is 17.7 Å². The Hall–Kier alpha value is -1.89. The van der Waals surface area contributed by atoms with Gasteiger partial charge in [-0.2, -0.15) is 0 Å². The second-order valence-corrected chi connectivity index (χ2v) is 5.36. The molecule has 0 radical (unpaired) electrons. The highest BCUT2D eigenvalue weighted by Gasteiger charge is 2.29. The number of hydrogen-bond acceptors (Lipinski definition) is 5. The summed E-state index contributed by atoms with van der Waals surface area (Å²) < 4.78 is 5.09. The standard InChI is InChI=1S/C14H22N4O3/c1-4-11-7-12(16-21-11)14(20)18-6-5-17(3)8-10(9-18)13(19)15-2/h7,10H,4-6,8-9H2,1-3H3,(H,15,19). The highest BCUT2D eigenvalue weighted by Crippen LogP contribution is 2.13. The summed E-state index contributed by atoms with van der Waals surface area (Å²) in [7, 11) is 3.57. The first-order valence-electron chi connectivity index (χ1n) is 7.20. The smallest absolute Gasteiger partial charge is 0.276 e. The molecule has 2 rings (SSSR count). The fraction of sp³-hybridized carbons (Fsp3) is 0.643. The van der Waals surface area contributed by atoms with Crippen molar-refractivity contribution in [3.8, 4) is 0 Å². The Bertz CT molecular complexity index is 514. The largest absolute Gasteiger partial charge is 0.361 e.